The first-order valence-corrected chi connectivity index (χ1v) is 14.6. The molecular formula is C32H35F4N3O4. The fourth-order valence-corrected chi connectivity index (χ4v) is 6.79. The van der Waals surface area contributed by atoms with Crippen LogP contribution in [0.25, 0.3) is 10.9 Å². The number of rotatable bonds is 8. The lowest BCUT2D eigenvalue weighted by Gasteiger charge is -2.37. The Morgan fingerprint density at radius 1 is 1.05 bits per heavy atom. The van der Waals surface area contributed by atoms with Gasteiger partial charge in [0, 0.05) is 23.1 Å². The van der Waals surface area contributed by atoms with Crippen LogP contribution >= 0.6 is 0 Å². The first-order chi connectivity index (χ1) is 20.3. The van der Waals surface area contributed by atoms with Crippen molar-refractivity contribution in [1.82, 2.24) is 15.6 Å². The highest BCUT2D eigenvalue weighted by Crippen LogP contribution is 2.43. The highest BCUT2D eigenvalue weighted by molar-refractivity contribution is 5.96. The zero-order chi connectivity index (χ0) is 31.2. The van der Waals surface area contributed by atoms with Crippen molar-refractivity contribution in [2.24, 2.45) is 5.92 Å². The largest absolute Gasteiger partial charge is 0.479 e. The number of carboxylic acids is 1. The van der Waals surface area contributed by atoms with Crippen LogP contribution in [0.1, 0.15) is 74.8 Å². The smallest absolute Gasteiger partial charge is 0.418 e. The van der Waals surface area contributed by atoms with Crippen LogP contribution in [0.15, 0.2) is 42.5 Å². The van der Waals surface area contributed by atoms with E-state index < -0.39 is 58.3 Å². The topological polar surface area (TPSA) is 111 Å². The molecule has 0 bridgehead atoms. The van der Waals surface area contributed by atoms with Crippen LogP contribution in [-0.4, -0.2) is 39.5 Å². The summed E-state index contributed by atoms with van der Waals surface area (Å²) in [6, 6.07) is 8.74. The molecule has 2 aromatic carbocycles. The van der Waals surface area contributed by atoms with E-state index in [2.05, 4.69) is 15.6 Å². The maximum atomic E-state index is 14.9. The van der Waals surface area contributed by atoms with Crippen LogP contribution < -0.4 is 10.6 Å². The van der Waals surface area contributed by atoms with E-state index in [9.17, 15) is 37.1 Å². The number of aliphatic carboxylic acids is 1. The Hall–Kier alpha value is -3.89. The molecule has 2 aliphatic rings. The van der Waals surface area contributed by atoms with E-state index in [1.807, 2.05) is 6.92 Å². The summed E-state index contributed by atoms with van der Waals surface area (Å²) in [5, 5.41) is 16.2. The molecule has 3 aromatic rings. The van der Waals surface area contributed by atoms with Gasteiger partial charge in [0.2, 0.25) is 11.8 Å². The molecule has 43 heavy (non-hydrogen) atoms. The molecule has 0 saturated heterocycles. The molecule has 1 saturated carbocycles. The third kappa shape index (κ3) is 5.38. The summed E-state index contributed by atoms with van der Waals surface area (Å²) in [5.74, 6) is -3.40. The lowest BCUT2D eigenvalue weighted by molar-refractivity contribution is -0.149. The number of halogens is 4. The van der Waals surface area contributed by atoms with Gasteiger partial charge in [0.15, 0.2) is 0 Å². The number of benzene rings is 2. The number of para-hydroxylation sites is 1. The summed E-state index contributed by atoms with van der Waals surface area (Å²) in [7, 11) is 0. The summed E-state index contributed by atoms with van der Waals surface area (Å²) < 4.78 is 56.0. The van der Waals surface area contributed by atoms with E-state index in [1.165, 1.54) is 18.2 Å². The average molecular weight is 602 g/mol. The van der Waals surface area contributed by atoms with Gasteiger partial charge in [-0.3, -0.25) is 9.59 Å². The molecule has 3 atom stereocenters. The van der Waals surface area contributed by atoms with Crippen LogP contribution in [0.4, 0.5) is 17.6 Å². The minimum Gasteiger partial charge on any atom is -0.479 e. The quantitative estimate of drug-likeness (QED) is 0.245. The van der Waals surface area contributed by atoms with Gasteiger partial charge in [-0.1, -0.05) is 63.4 Å². The van der Waals surface area contributed by atoms with E-state index in [0.717, 1.165) is 6.07 Å². The van der Waals surface area contributed by atoms with Gasteiger partial charge in [-0.2, -0.15) is 13.2 Å². The second-order valence-corrected chi connectivity index (χ2v) is 12.0. The Morgan fingerprint density at radius 3 is 2.37 bits per heavy atom. The number of carbonyl (C=O) groups excluding carboxylic acids is 2. The van der Waals surface area contributed by atoms with Crippen molar-refractivity contribution in [2.75, 3.05) is 0 Å². The van der Waals surface area contributed by atoms with Crippen molar-refractivity contribution in [3.63, 3.8) is 0 Å². The number of amides is 2. The molecule has 2 amide bonds. The molecule has 4 N–H and O–H groups in total. The number of carbonyl (C=O) groups is 3. The molecule has 7 nitrogen and oxygen atoms in total. The van der Waals surface area contributed by atoms with Crippen molar-refractivity contribution in [2.45, 2.75) is 88.4 Å². The van der Waals surface area contributed by atoms with Gasteiger partial charge in [-0.05, 0) is 49.3 Å². The SMILES string of the molecule is CCC(C)[C@H](NC(=O)C1(c2ccccc2F)CCCC1)C(=O)N[C@]1(C(=O)O)CCc2[nH]c3c(C(F)(F)F)cccc3c2C1. The van der Waals surface area contributed by atoms with Crippen molar-refractivity contribution < 1.29 is 37.1 Å². The van der Waals surface area contributed by atoms with Gasteiger partial charge < -0.3 is 20.7 Å². The summed E-state index contributed by atoms with van der Waals surface area (Å²) in [4.78, 5) is 43.3. The number of nitrogens with one attached hydrogen (secondary N) is 3. The Labute approximate surface area is 246 Å². The Morgan fingerprint density at radius 2 is 1.74 bits per heavy atom. The van der Waals surface area contributed by atoms with Crippen molar-refractivity contribution >= 4 is 28.7 Å². The second-order valence-electron chi connectivity index (χ2n) is 12.0. The van der Waals surface area contributed by atoms with E-state index >= 15 is 0 Å². The lowest BCUT2D eigenvalue weighted by atomic mass is 9.77. The Kier molecular flexibility index (Phi) is 8.04. The monoisotopic (exact) mass is 601 g/mol. The van der Waals surface area contributed by atoms with E-state index in [-0.39, 0.29) is 35.7 Å². The maximum absolute atomic E-state index is 14.9. The van der Waals surface area contributed by atoms with Crippen molar-refractivity contribution in [3.05, 3.63) is 70.7 Å². The first kappa shape index (κ1) is 30.6. The predicted octanol–water partition coefficient (Wildman–Crippen LogP) is 5.80. The lowest BCUT2D eigenvalue weighted by Crippen LogP contribution is -2.63. The summed E-state index contributed by atoms with van der Waals surface area (Å²) in [5.41, 5.74) is -2.75. The normalized spacial score (nSPS) is 21.2. The molecular weight excluding hydrogens is 566 g/mol. The zero-order valence-electron chi connectivity index (χ0n) is 24.0. The standard InChI is InChI=1S/C32H35F4N3O4/c1-3-18(2)25(38-28(41)30(14-6-7-15-30)21-10-4-5-12-23(21)33)27(40)39-31(29(42)43)16-13-24-20(17-31)19-9-8-11-22(26(19)37-24)32(34,35)36/h4-5,8-12,18,25,37H,3,6-7,13-17H2,1-2H3,(H,38,41)(H,39,40)(H,42,43)/t18?,25-,31+/m0/s1. The van der Waals surface area contributed by atoms with Gasteiger partial charge in [0.05, 0.1) is 16.5 Å². The van der Waals surface area contributed by atoms with Crippen LogP contribution in [0.5, 0.6) is 0 Å². The van der Waals surface area contributed by atoms with E-state index in [1.54, 1.807) is 25.1 Å². The Bertz CT molecular complexity index is 1560. The van der Waals surface area contributed by atoms with Gasteiger partial charge >= 0.3 is 12.1 Å². The van der Waals surface area contributed by atoms with Crippen LogP contribution in [-0.2, 0) is 38.8 Å². The fraction of sp³-hybridized carbons (Fsp3) is 0.469. The molecule has 11 heteroatoms. The molecule has 1 aromatic heterocycles. The van der Waals surface area contributed by atoms with Crippen LogP contribution in [0.2, 0.25) is 0 Å². The molecule has 5 rings (SSSR count). The second kappa shape index (κ2) is 11.3. The van der Waals surface area contributed by atoms with Gasteiger partial charge in [-0.25, -0.2) is 9.18 Å². The number of alkyl halides is 3. The van der Waals surface area contributed by atoms with Crippen LogP contribution in [0.3, 0.4) is 0 Å². The van der Waals surface area contributed by atoms with Gasteiger partial charge in [0.25, 0.3) is 0 Å². The van der Waals surface area contributed by atoms with Gasteiger partial charge in [-0.15, -0.1) is 0 Å². The number of fused-ring (bicyclic) bond motifs is 3. The highest BCUT2D eigenvalue weighted by Gasteiger charge is 2.49. The van der Waals surface area contributed by atoms with E-state index in [0.29, 0.717) is 43.4 Å². The number of aromatic nitrogens is 1. The summed E-state index contributed by atoms with van der Waals surface area (Å²) >= 11 is 0. The molecule has 2 aliphatic carbocycles. The highest BCUT2D eigenvalue weighted by atomic mass is 19.4. The zero-order valence-corrected chi connectivity index (χ0v) is 24.0. The molecule has 1 unspecified atom stereocenters. The minimum atomic E-state index is -4.61. The van der Waals surface area contributed by atoms with Crippen LogP contribution in [0, 0.1) is 11.7 Å². The van der Waals surface area contributed by atoms with E-state index in [4.69, 9.17) is 0 Å². The Balaban J connectivity index is 1.45. The fourth-order valence-electron chi connectivity index (χ4n) is 6.79. The average Bonchev–Trinajstić information content (AvgIpc) is 3.60. The summed E-state index contributed by atoms with van der Waals surface area (Å²) in [6.45, 7) is 3.60. The number of aryl methyl sites for hydroxylation is 1. The third-order valence-corrected chi connectivity index (χ3v) is 9.45. The van der Waals surface area contributed by atoms with Gasteiger partial charge in [0.1, 0.15) is 17.4 Å². The molecule has 0 spiro atoms. The van der Waals surface area contributed by atoms with Crippen molar-refractivity contribution in [3.8, 4) is 0 Å². The third-order valence-electron chi connectivity index (χ3n) is 9.45. The molecule has 1 heterocycles. The molecule has 0 radical (unpaired) electrons. The first-order valence-electron chi connectivity index (χ1n) is 14.6. The molecule has 230 valence electrons. The number of hydrogen-bond donors (Lipinski definition) is 4. The predicted molar refractivity (Wildman–Crippen MR) is 152 cm³/mol. The minimum absolute atomic E-state index is 0.0599. The number of hydrogen-bond acceptors (Lipinski definition) is 3. The summed E-state index contributed by atoms with van der Waals surface area (Å²) in [6.07, 6.45) is -2.05. The molecule has 0 aliphatic heterocycles. The molecule has 1 fully saturated rings. The van der Waals surface area contributed by atoms with Crippen molar-refractivity contribution in [1.29, 1.82) is 0 Å². The number of H-pyrrole nitrogens is 1. The number of carboxylic acid groups (broad SMARTS) is 1. The number of aromatic amines is 1. The maximum Gasteiger partial charge on any atom is 0.418 e.